The van der Waals surface area contributed by atoms with Gasteiger partial charge in [0.05, 0.1) is 7.14 Å². The first-order valence-corrected chi connectivity index (χ1v) is 8.64. The van der Waals surface area contributed by atoms with Crippen LogP contribution in [0.1, 0.15) is 38.5 Å². The molecule has 0 aliphatic heterocycles. The predicted molar refractivity (Wildman–Crippen MR) is 60.4 cm³/mol. The summed E-state index contributed by atoms with van der Waals surface area (Å²) in [5, 5.41) is 0.293. The van der Waals surface area contributed by atoms with Crippen molar-refractivity contribution in [3.63, 3.8) is 0 Å². The molecule has 1 nitrogen and oxygen atoms in total. The third-order valence-corrected chi connectivity index (χ3v) is 7.98. The highest BCUT2D eigenvalue weighted by Crippen LogP contribution is 2.69. The summed E-state index contributed by atoms with van der Waals surface area (Å²) in [4.78, 5) is 0. The number of rotatable bonds is 1. The van der Waals surface area contributed by atoms with Crippen molar-refractivity contribution in [3.05, 3.63) is 0 Å². The van der Waals surface area contributed by atoms with Gasteiger partial charge in [0.15, 0.2) is 0 Å². The summed E-state index contributed by atoms with van der Waals surface area (Å²) < 4.78 is 12.5. The van der Waals surface area contributed by atoms with Gasteiger partial charge in [-0.15, -0.1) is 0 Å². The molecule has 2 heteroatoms. The van der Waals surface area contributed by atoms with Crippen LogP contribution in [0.15, 0.2) is 0 Å². The monoisotopic (exact) mass is 212 g/mol. The fourth-order valence-corrected chi connectivity index (χ4v) is 6.82. The van der Waals surface area contributed by atoms with Crippen molar-refractivity contribution in [1.29, 1.82) is 0 Å². The number of hydrogen-bond acceptors (Lipinski definition) is 1. The highest BCUT2D eigenvalue weighted by Gasteiger charge is 2.55. The zero-order valence-electron chi connectivity index (χ0n) is 9.33. The topological polar surface area (TPSA) is 17.1 Å². The van der Waals surface area contributed by atoms with Crippen LogP contribution in [0.2, 0.25) is 0 Å². The standard InChI is InChI=1S/C12H21OP/c1-14(2,13)12-6-9-3-10(7-12)5-11(4-9)8-12/h9-11H,3-8H2,1-2H3. The lowest BCUT2D eigenvalue weighted by Crippen LogP contribution is -2.49. The van der Waals surface area contributed by atoms with Crippen molar-refractivity contribution in [2.24, 2.45) is 17.8 Å². The molecule has 4 aliphatic rings. The zero-order chi connectivity index (χ0) is 9.97. The van der Waals surface area contributed by atoms with Crippen molar-refractivity contribution in [1.82, 2.24) is 0 Å². The summed E-state index contributed by atoms with van der Waals surface area (Å²) in [6.07, 6.45) is 8.26. The molecule has 4 fully saturated rings. The Balaban J connectivity index is 1.99. The molecule has 0 spiro atoms. The van der Waals surface area contributed by atoms with Gasteiger partial charge in [0, 0.05) is 5.16 Å². The van der Waals surface area contributed by atoms with E-state index in [0.717, 1.165) is 17.8 Å². The minimum absolute atomic E-state index is 0.293. The zero-order valence-corrected chi connectivity index (χ0v) is 10.2. The van der Waals surface area contributed by atoms with E-state index in [2.05, 4.69) is 0 Å². The van der Waals surface area contributed by atoms with Gasteiger partial charge in [0.1, 0.15) is 0 Å². The Morgan fingerprint density at radius 1 is 0.929 bits per heavy atom. The van der Waals surface area contributed by atoms with Gasteiger partial charge in [-0.2, -0.15) is 0 Å². The van der Waals surface area contributed by atoms with Gasteiger partial charge < -0.3 is 4.57 Å². The van der Waals surface area contributed by atoms with E-state index in [1.165, 1.54) is 38.5 Å². The van der Waals surface area contributed by atoms with Crippen LogP contribution in [0.4, 0.5) is 0 Å². The van der Waals surface area contributed by atoms with Gasteiger partial charge in [-0.25, -0.2) is 0 Å². The van der Waals surface area contributed by atoms with Crippen LogP contribution >= 0.6 is 7.14 Å². The normalized spacial score (nSPS) is 51.1. The van der Waals surface area contributed by atoms with Gasteiger partial charge in [0.25, 0.3) is 0 Å². The summed E-state index contributed by atoms with van der Waals surface area (Å²) >= 11 is 0. The largest absolute Gasteiger partial charge is 0.324 e. The Hall–Kier alpha value is 0.230. The van der Waals surface area contributed by atoms with Crippen LogP contribution in [0, 0.1) is 17.8 Å². The first kappa shape index (κ1) is 9.46. The molecule has 14 heavy (non-hydrogen) atoms. The smallest absolute Gasteiger partial charge is 0.0877 e. The third-order valence-electron chi connectivity index (χ3n) is 5.15. The van der Waals surface area contributed by atoms with Crippen LogP contribution < -0.4 is 0 Å². The Labute approximate surface area is 87.0 Å². The van der Waals surface area contributed by atoms with E-state index < -0.39 is 7.14 Å². The highest BCUT2D eigenvalue weighted by molar-refractivity contribution is 7.64. The van der Waals surface area contributed by atoms with Crippen molar-refractivity contribution in [2.75, 3.05) is 13.3 Å². The lowest BCUT2D eigenvalue weighted by atomic mass is 9.56. The van der Waals surface area contributed by atoms with Gasteiger partial charge in [0.2, 0.25) is 0 Å². The molecule has 4 saturated carbocycles. The molecule has 0 radical (unpaired) electrons. The summed E-state index contributed by atoms with van der Waals surface area (Å²) in [6.45, 7) is 4.08. The maximum absolute atomic E-state index is 12.5. The van der Waals surface area contributed by atoms with Crippen molar-refractivity contribution >= 4 is 7.14 Å². The van der Waals surface area contributed by atoms with Gasteiger partial charge in [-0.1, -0.05) is 0 Å². The Morgan fingerprint density at radius 2 is 1.29 bits per heavy atom. The van der Waals surface area contributed by atoms with Gasteiger partial charge >= 0.3 is 0 Å². The summed E-state index contributed by atoms with van der Waals surface area (Å²) in [5.41, 5.74) is 0. The molecule has 0 aromatic carbocycles. The van der Waals surface area contributed by atoms with Crippen LogP contribution in [0.5, 0.6) is 0 Å². The molecule has 80 valence electrons. The van der Waals surface area contributed by atoms with E-state index in [1.54, 1.807) is 0 Å². The summed E-state index contributed by atoms with van der Waals surface area (Å²) in [6, 6.07) is 0. The molecule has 0 N–H and O–H groups in total. The molecule has 0 saturated heterocycles. The van der Waals surface area contributed by atoms with E-state index in [0.29, 0.717) is 5.16 Å². The quantitative estimate of drug-likeness (QED) is 0.607. The van der Waals surface area contributed by atoms with E-state index in [4.69, 9.17) is 0 Å². The second-order valence-electron chi connectivity index (χ2n) is 6.49. The SMILES string of the molecule is CP(C)(=O)C12CC3CC(CC(C3)C1)C2. The average molecular weight is 212 g/mol. The summed E-state index contributed by atoms with van der Waals surface area (Å²) in [5.74, 6) is 2.82. The first-order valence-electron chi connectivity index (χ1n) is 6.04. The fraction of sp³-hybridized carbons (Fsp3) is 1.00. The Bertz CT molecular complexity index is 266. The third kappa shape index (κ3) is 1.18. The first-order chi connectivity index (χ1) is 6.48. The van der Waals surface area contributed by atoms with Crippen LogP contribution in [-0.2, 0) is 4.57 Å². The lowest BCUT2D eigenvalue weighted by molar-refractivity contribution is 0.0333. The van der Waals surface area contributed by atoms with E-state index >= 15 is 0 Å². The fourth-order valence-electron chi connectivity index (χ4n) is 4.72. The molecular weight excluding hydrogens is 191 g/mol. The molecule has 0 aromatic heterocycles. The Kier molecular flexibility index (Phi) is 1.80. The number of hydrogen-bond donors (Lipinski definition) is 0. The van der Waals surface area contributed by atoms with Crippen molar-refractivity contribution < 1.29 is 4.57 Å². The molecule has 4 rings (SSSR count). The van der Waals surface area contributed by atoms with E-state index in [-0.39, 0.29) is 0 Å². The van der Waals surface area contributed by atoms with Crippen LogP contribution in [-0.4, -0.2) is 18.5 Å². The second-order valence-corrected chi connectivity index (χ2v) is 10.1. The molecule has 0 amide bonds. The van der Waals surface area contributed by atoms with E-state index in [9.17, 15) is 4.57 Å². The highest BCUT2D eigenvalue weighted by atomic mass is 31.2. The lowest BCUT2D eigenvalue weighted by Gasteiger charge is -2.58. The van der Waals surface area contributed by atoms with Crippen molar-refractivity contribution in [2.45, 2.75) is 43.7 Å². The molecule has 0 atom stereocenters. The van der Waals surface area contributed by atoms with Crippen molar-refractivity contribution in [3.8, 4) is 0 Å². The summed E-state index contributed by atoms with van der Waals surface area (Å²) in [7, 11) is -1.87. The maximum Gasteiger partial charge on any atom is 0.0877 e. The molecule has 0 unspecified atom stereocenters. The minimum Gasteiger partial charge on any atom is -0.324 e. The average Bonchev–Trinajstić information content (AvgIpc) is 1.98. The van der Waals surface area contributed by atoms with Crippen LogP contribution in [0.3, 0.4) is 0 Å². The van der Waals surface area contributed by atoms with Gasteiger partial charge in [-0.05, 0) is 69.6 Å². The minimum atomic E-state index is -1.87. The maximum atomic E-state index is 12.5. The van der Waals surface area contributed by atoms with Crippen LogP contribution in [0.25, 0.3) is 0 Å². The molecule has 0 aromatic rings. The second kappa shape index (κ2) is 2.67. The Morgan fingerprint density at radius 3 is 1.57 bits per heavy atom. The van der Waals surface area contributed by atoms with E-state index in [1.807, 2.05) is 13.3 Å². The van der Waals surface area contributed by atoms with Gasteiger partial charge in [-0.3, -0.25) is 0 Å². The molecule has 4 aliphatic carbocycles. The predicted octanol–water partition coefficient (Wildman–Crippen LogP) is 3.58. The molecule has 0 heterocycles. The molecule has 4 bridgehead atoms. The molecular formula is C12H21OP.